The molecule has 0 aromatic heterocycles. The number of nitrogens with two attached hydrogens (primary N) is 1. The van der Waals surface area contributed by atoms with Gasteiger partial charge >= 0.3 is 6.18 Å². The third kappa shape index (κ3) is 3.15. The molecule has 0 amide bonds. The van der Waals surface area contributed by atoms with Crippen molar-refractivity contribution in [1.82, 2.24) is 0 Å². The molecule has 3 nitrogen and oxygen atoms in total. The molecule has 1 aliphatic rings. The fourth-order valence-electron chi connectivity index (χ4n) is 1.50. The number of oxime groups is 1. The summed E-state index contributed by atoms with van der Waals surface area (Å²) in [6.45, 7) is 0.412. The Morgan fingerprint density at radius 2 is 2.00 bits per heavy atom. The van der Waals surface area contributed by atoms with E-state index in [2.05, 4.69) is 5.16 Å². The smallest absolute Gasteiger partial charge is 0.394 e. The lowest BCUT2D eigenvalue weighted by atomic mass is 10.1. The number of hydrogen-bond acceptors (Lipinski definition) is 2. The van der Waals surface area contributed by atoms with Crippen molar-refractivity contribution in [2.24, 2.45) is 16.8 Å². The van der Waals surface area contributed by atoms with Gasteiger partial charge in [-0.25, -0.2) is 0 Å². The molecule has 0 atom stereocenters. The summed E-state index contributed by atoms with van der Waals surface area (Å²) in [5.41, 5.74) is 4.57. The minimum atomic E-state index is -4.45. The Labute approximate surface area is 102 Å². The molecule has 1 aromatic rings. The van der Waals surface area contributed by atoms with E-state index in [0.717, 1.165) is 18.9 Å². The van der Waals surface area contributed by atoms with E-state index >= 15 is 0 Å². The zero-order valence-electron chi connectivity index (χ0n) is 9.57. The highest BCUT2D eigenvalue weighted by Crippen LogP contribution is 2.32. The number of nitrogens with zero attached hydrogens (tertiary/aromatic N) is 1. The van der Waals surface area contributed by atoms with Crippen LogP contribution in [0.2, 0.25) is 0 Å². The Hall–Kier alpha value is -1.72. The van der Waals surface area contributed by atoms with Gasteiger partial charge in [-0.1, -0.05) is 23.4 Å². The Morgan fingerprint density at radius 3 is 2.61 bits per heavy atom. The maximum atomic E-state index is 12.7. The van der Waals surface area contributed by atoms with Crippen molar-refractivity contribution in [3.63, 3.8) is 0 Å². The summed E-state index contributed by atoms with van der Waals surface area (Å²) in [6.07, 6.45) is -2.30. The number of halogens is 3. The Morgan fingerprint density at radius 1 is 1.33 bits per heavy atom. The summed E-state index contributed by atoms with van der Waals surface area (Å²) in [4.78, 5) is 4.94. The standard InChI is InChI=1S/C12H13F3N2O/c13-12(14,15)10-4-2-1-3-9(10)11(16)17-18-7-8-5-6-8/h1-4,8H,5-7H2,(H2,16,17). The minimum Gasteiger partial charge on any atom is -0.394 e. The van der Waals surface area contributed by atoms with Crippen molar-refractivity contribution in [2.45, 2.75) is 19.0 Å². The van der Waals surface area contributed by atoms with E-state index in [1.165, 1.54) is 18.2 Å². The zero-order chi connectivity index (χ0) is 13.2. The van der Waals surface area contributed by atoms with Crippen LogP contribution in [0.25, 0.3) is 0 Å². The van der Waals surface area contributed by atoms with Gasteiger partial charge in [0.25, 0.3) is 0 Å². The zero-order valence-corrected chi connectivity index (χ0v) is 9.57. The Bertz CT molecular complexity index is 453. The molecular formula is C12H13F3N2O. The molecule has 1 fully saturated rings. The van der Waals surface area contributed by atoms with E-state index in [-0.39, 0.29) is 11.4 Å². The maximum absolute atomic E-state index is 12.7. The molecule has 0 unspecified atom stereocenters. The summed E-state index contributed by atoms with van der Waals surface area (Å²) in [6, 6.07) is 5.04. The monoisotopic (exact) mass is 258 g/mol. The average molecular weight is 258 g/mol. The second-order valence-electron chi connectivity index (χ2n) is 4.26. The van der Waals surface area contributed by atoms with Crippen molar-refractivity contribution in [1.29, 1.82) is 0 Å². The quantitative estimate of drug-likeness (QED) is 0.513. The van der Waals surface area contributed by atoms with Gasteiger partial charge in [-0.2, -0.15) is 13.2 Å². The van der Waals surface area contributed by atoms with Crippen molar-refractivity contribution < 1.29 is 18.0 Å². The molecular weight excluding hydrogens is 245 g/mol. The third-order valence-corrected chi connectivity index (χ3v) is 2.68. The number of amidine groups is 1. The third-order valence-electron chi connectivity index (χ3n) is 2.68. The van der Waals surface area contributed by atoms with Gasteiger partial charge in [0.05, 0.1) is 5.56 Å². The van der Waals surface area contributed by atoms with Crippen LogP contribution in [0.5, 0.6) is 0 Å². The van der Waals surface area contributed by atoms with Gasteiger partial charge in [0, 0.05) is 5.56 Å². The summed E-state index contributed by atoms with van der Waals surface area (Å²) >= 11 is 0. The van der Waals surface area contributed by atoms with E-state index in [4.69, 9.17) is 10.6 Å². The maximum Gasteiger partial charge on any atom is 0.417 e. The second-order valence-corrected chi connectivity index (χ2v) is 4.26. The largest absolute Gasteiger partial charge is 0.417 e. The van der Waals surface area contributed by atoms with Crippen molar-refractivity contribution >= 4 is 5.84 Å². The fourth-order valence-corrected chi connectivity index (χ4v) is 1.50. The van der Waals surface area contributed by atoms with Crippen molar-refractivity contribution in [2.75, 3.05) is 6.61 Å². The van der Waals surface area contributed by atoms with Crippen LogP contribution in [0, 0.1) is 5.92 Å². The van der Waals surface area contributed by atoms with Gasteiger partial charge in [0.1, 0.15) is 6.61 Å². The lowest BCUT2D eigenvalue weighted by Gasteiger charge is -2.11. The second kappa shape index (κ2) is 4.88. The molecule has 1 aliphatic carbocycles. The fraction of sp³-hybridized carbons (Fsp3) is 0.417. The molecule has 0 saturated heterocycles. The molecule has 2 N–H and O–H groups in total. The van der Waals surface area contributed by atoms with Crippen LogP contribution in [0.4, 0.5) is 13.2 Å². The van der Waals surface area contributed by atoms with Gasteiger partial charge in [0.15, 0.2) is 5.84 Å². The first kappa shape index (κ1) is 12.7. The van der Waals surface area contributed by atoms with Gasteiger partial charge in [-0.3, -0.25) is 0 Å². The highest BCUT2D eigenvalue weighted by Gasteiger charge is 2.34. The first-order valence-corrected chi connectivity index (χ1v) is 5.60. The Kier molecular flexibility index (Phi) is 3.45. The molecule has 6 heteroatoms. The highest BCUT2D eigenvalue weighted by atomic mass is 19.4. The molecule has 98 valence electrons. The van der Waals surface area contributed by atoms with Gasteiger partial charge < -0.3 is 10.6 Å². The first-order chi connectivity index (χ1) is 8.48. The summed E-state index contributed by atoms with van der Waals surface area (Å²) in [5.74, 6) is 0.225. The number of benzene rings is 1. The van der Waals surface area contributed by atoms with Crippen LogP contribution in [-0.2, 0) is 11.0 Å². The predicted octanol–water partition coefficient (Wildman–Crippen LogP) is 2.75. The van der Waals surface area contributed by atoms with Crippen LogP contribution in [0.1, 0.15) is 24.0 Å². The molecule has 18 heavy (non-hydrogen) atoms. The molecule has 2 rings (SSSR count). The number of alkyl halides is 3. The number of rotatable bonds is 4. The van der Waals surface area contributed by atoms with Crippen LogP contribution in [0.15, 0.2) is 29.4 Å². The van der Waals surface area contributed by atoms with E-state index in [0.29, 0.717) is 12.5 Å². The lowest BCUT2D eigenvalue weighted by molar-refractivity contribution is -0.137. The number of hydrogen-bond donors (Lipinski definition) is 1. The van der Waals surface area contributed by atoms with Gasteiger partial charge in [-0.15, -0.1) is 0 Å². The van der Waals surface area contributed by atoms with Crippen LogP contribution >= 0.6 is 0 Å². The van der Waals surface area contributed by atoms with Crippen LogP contribution in [-0.4, -0.2) is 12.4 Å². The average Bonchev–Trinajstić information content (AvgIpc) is 3.12. The molecule has 0 bridgehead atoms. The van der Waals surface area contributed by atoms with E-state index in [9.17, 15) is 13.2 Å². The van der Waals surface area contributed by atoms with E-state index < -0.39 is 11.7 Å². The summed E-state index contributed by atoms with van der Waals surface area (Å²) < 4.78 is 38.2. The van der Waals surface area contributed by atoms with Gasteiger partial charge in [-0.05, 0) is 24.8 Å². The Balaban J connectivity index is 2.15. The van der Waals surface area contributed by atoms with Crippen LogP contribution < -0.4 is 5.73 Å². The summed E-state index contributed by atoms with van der Waals surface area (Å²) in [5, 5.41) is 3.54. The van der Waals surface area contributed by atoms with Crippen LogP contribution in [0.3, 0.4) is 0 Å². The molecule has 0 heterocycles. The molecule has 0 aliphatic heterocycles. The first-order valence-electron chi connectivity index (χ1n) is 5.60. The molecule has 1 saturated carbocycles. The van der Waals surface area contributed by atoms with Crippen molar-refractivity contribution in [3.05, 3.63) is 35.4 Å². The van der Waals surface area contributed by atoms with E-state index in [1.807, 2.05) is 0 Å². The molecule has 1 aromatic carbocycles. The van der Waals surface area contributed by atoms with Crippen molar-refractivity contribution in [3.8, 4) is 0 Å². The van der Waals surface area contributed by atoms with E-state index in [1.54, 1.807) is 0 Å². The van der Waals surface area contributed by atoms with Gasteiger partial charge in [0.2, 0.25) is 0 Å². The normalized spacial score (nSPS) is 16.7. The topological polar surface area (TPSA) is 47.6 Å². The predicted molar refractivity (Wildman–Crippen MR) is 60.8 cm³/mol. The lowest BCUT2D eigenvalue weighted by Crippen LogP contribution is -2.20. The molecule has 0 spiro atoms. The highest BCUT2D eigenvalue weighted by molar-refractivity contribution is 5.98. The SMILES string of the molecule is NC(=NOCC1CC1)c1ccccc1C(F)(F)F. The minimum absolute atomic E-state index is 0.152. The molecule has 0 radical (unpaired) electrons. The summed E-state index contributed by atoms with van der Waals surface area (Å²) in [7, 11) is 0.